The highest BCUT2D eigenvalue weighted by Gasteiger charge is 2.11. The smallest absolute Gasteiger partial charge is 0.344 e. The van der Waals surface area contributed by atoms with E-state index in [9.17, 15) is 9.59 Å². The second-order valence-electron chi connectivity index (χ2n) is 6.77. The van der Waals surface area contributed by atoms with Crippen LogP contribution in [0.25, 0.3) is 0 Å². The minimum atomic E-state index is -0.414. The zero-order valence-electron chi connectivity index (χ0n) is 17.1. The molecular formula is C24H21IN2O4. The lowest BCUT2D eigenvalue weighted by molar-refractivity contribution is -0.123. The molecule has 1 N–H and O–H groups in total. The molecule has 3 aromatic carbocycles. The molecule has 7 heteroatoms. The summed E-state index contributed by atoms with van der Waals surface area (Å²) in [5, 5.41) is 3.92. The lowest BCUT2D eigenvalue weighted by Crippen LogP contribution is -2.24. The SMILES string of the molecule is Cc1ccc(OCC(=O)N/N=C/c2ccc(OC(=O)c3ccccc3I)cc2)cc1C. The number of hydrogen-bond acceptors (Lipinski definition) is 5. The van der Waals surface area contributed by atoms with Crippen molar-refractivity contribution in [3.05, 3.63) is 92.6 Å². The molecule has 0 atom stereocenters. The number of nitrogens with zero attached hydrogens (tertiary/aromatic N) is 1. The zero-order chi connectivity index (χ0) is 22.2. The van der Waals surface area contributed by atoms with Crippen molar-refractivity contribution in [2.24, 2.45) is 5.10 Å². The Hall–Kier alpha value is -3.20. The minimum Gasteiger partial charge on any atom is -0.484 e. The number of aryl methyl sites for hydroxylation is 2. The molecule has 0 radical (unpaired) electrons. The van der Waals surface area contributed by atoms with E-state index in [1.807, 2.05) is 44.2 Å². The molecule has 0 fully saturated rings. The highest BCUT2D eigenvalue weighted by atomic mass is 127. The maximum atomic E-state index is 12.3. The van der Waals surface area contributed by atoms with Crippen LogP contribution in [-0.2, 0) is 4.79 Å². The van der Waals surface area contributed by atoms with Gasteiger partial charge >= 0.3 is 5.97 Å². The lowest BCUT2D eigenvalue weighted by atomic mass is 10.1. The summed E-state index contributed by atoms with van der Waals surface area (Å²) in [7, 11) is 0. The van der Waals surface area contributed by atoms with Gasteiger partial charge in [0.25, 0.3) is 5.91 Å². The van der Waals surface area contributed by atoms with Gasteiger partial charge in [-0.2, -0.15) is 5.10 Å². The van der Waals surface area contributed by atoms with Crippen LogP contribution in [0.15, 0.2) is 71.8 Å². The number of carbonyl (C=O) groups excluding carboxylic acids is 2. The monoisotopic (exact) mass is 528 g/mol. The van der Waals surface area contributed by atoms with Crippen LogP contribution in [0.1, 0.15) is 27.0 Å². The number of carbonyl (C=O) groups is 2. The normalized spacial score (nSPS) is 10.7. The molecule has 3 rings (SSSR count). The van der Waals surface area contributed by atoms with Crippen molar-refractivity contribution in [2.75, 3.05) is 6.61 Å². The molecule has 0 unspecified atom stereocenters. The van der Waals surface area contributed by atoms with Gasteiger partial charge in [-0.15, -0.1) is 0 Å². The van der Waals surface area contributed by atoms with Gasteiger partial charge in [0.15, 0.2) is 6.61 Å². The molecule has 0 bridgehead atoms. The second kappa shape index (κ2) is 10.7. The number of rotatable bonds is 7. The molecule has 0 saturated carbocycles. The Balaban J connectivity index is 1.47. The van der Waals surface area contributed by atoms with Gasteiger partial charge in [0.05, 0.1) is 11.8 Å². The summed E-state index contributed by atoms with van der Waals surface area (Å²) in [6, 6.07) is 19.7. The van der Waals surface area contributed by atoms with E-state index in [0.717, 1.165) is 20.3 Å². The summed E-state index contributed by atoms with van der Waals surface area (Å²) in [4.78, 5) is 24.1. The Labute approximate surface area is 194 Å². The van der Waals surface area contributed by atoms with Crippen LogP contribution in [0.2, 0.25) is 0 Å². The molecule has 31 heavy (non-hydrogen) atoms. The van der Waals surface area contributed by atoms with Crippen LogP contribution in [0.3, 0.4) is 0 Å². The number of nitrogens with one attached hydrogen (secondary N) is 1. The van der Waals surface area contributed by atoms with Crippen molar-refractivity contribution in [2.45, 2.75) is 13.8 Å². The number of hydrogen-bond donors (Lipinski definition) is 1. The van der Waals surface area contributed by atoms with Crippen LogP contribution in [0, 0.1) is 17.4 Å². The van der Waals surface area contributed by atoms with Crippen molar-refractivity contribution in [3.8, 4) is 11.5 Å². The number of halogens is 1. The molecule has 0 aromatic heterocycles. The standard InChI is InChI=1S/C24H21IN2O4/c1-16-7-10-20(13-17(16)2)30-15-23(28)27-26-14-18-8-11-19(12-9-18)31-24(29)21-5-3-4-6-22(21)25/h3-14H,15H2,1-2H3,(H,27,28)/b26-14+. The van der Waals surface area contributed by atoms with Gasteiger partial charge in [-0.05, 0) is 102 Å². The Morgan fingerprint density at radius 2 is 1.68 bits per heavy atom. The molecule has 158 valence electrons. The number of benzene rings is 3. The molecular weight excluding hydrogens is 507 g/mol. The van der Waals surface area contributed by atoms with Crippen molar-refractivity contribution in [1.29, 1.82) is 0 Å². The first-order valence-electron chi connectivity index (χ1n) is 9.51. The summed E-state index contributed by atoms with van der Waals surface area (Å²) in [5.41, 5.74) is 5.94. The van der Waals surface area contributed by atoms with Gasteiger partial charge in [0.2, 0.25) is 0 Å². The minimum absolute atomic E-state index is 0.132. The molecule has 0 aliphatic heterocycles. The van der Waals surface area contributed by atoms with E-state index in [-0.39, 0.29) is 12.5 Å². The number of hydrazone groups is 1. The van der Waals surface area contributed by atoms with Crippen LogP contribution in [0.4, 0.5) is 0 Å². The van der Waals surface area contributed by atoms with Crippen molar-refractivity contribution in [1.82, 2.24) is 5.43 Å². The van der Waals surface area contributed by atoms with Crippen LogP contribution >= 0.6 is 22.6 Å². The van der Waals surface area contributed by atoms with E-state index in [4.69, 9.17) is 9.47 Å². The Morgan fingerprint density at radius 1 is 0.968 bits per heavy atom. The third-order valence-corrected chi connectivity index (χ3v) is 5.38. The van der Waals surface area contributed by atoms with Crippen molar-refractivity contribution >= 4 is 40.7 Å². The van der Waals surface area contributed by atoms with Crippen molar-refractivity contribution in [3.63, 3.8) is 0 Å². The van der Waals surface area contributed by atoms with Crippen LogP contribution in [0.5, 0.6) is 11.5 Å². The van der Waals surface area contributed by atoms with E-state index in [1.54, 1.807) is 36.4 Å². The number of ether oxygens (including phenoxy) is 2. The highest BCUT2D eigenvalue weighted by molar-refractivity contribution is 14.1. The van der Waals surface area contributed by atoms with Crippen molar-refractivity contribution < 1.29 is 19.1 Å². The Bertz CT molecular complexity index is 1110. The molecule has 0 aliphatic carbocycles. The van der Waals surface area contributed by atoms with Crippen LogP contribution < -0.4 is 14.9 Å². The summed E-state index contributed by atoms with van der Waals surface area (Å²) in [6.45, 7) is 3.87. The predicted octanol–water partition coefficient (Wildman–Crippen LogP) is 4.66. The maximum Gasteiger partial charge on any atom is 0.344 e. The molecule has 0 aliphatic rings. The van der Waals surface area contributed by atoms with E-state index in [2.05, 4.69) is 33.1 Å². The molecule has 0 heterocycles. The topological polar surface area (TPSA) is 77.0 Å². The van der Waals surface area contributed by atoms with E-state index >= 15 is 0 Å². The van der Waals surface area contributed by atoms with Gasteiger partial charge in [-0.25, -0.2) is 10.2 Å². The van der Waals surface area contributed by atoms with Crippen LogP contribution in [-0.4, -0.2) is 24.7 Å². The summed E-state index contributed by atoms with van der Waals surface area (Å²) >= 11 is 2.09. The Morgan fingerprint density at radius 3 is 2.39 bits per heavy atom. The molecule has 6 nitrogen and oxygen atoms in total. The average molecular weight is 528 g/mol. The average Bonchev–Trinajstić information content (AvgIpc) is 2.76. The Kier molecular flexibility index (Phi) is 7.77. The predicted molar refractivity (Wildman–Crippen MR) is 128 cm³/mol. The fraction of sp³-hybridized carbons (Fsp3) is 0.125. The van der Waals surface area contributed by atoms with Gasteiger partial charge < -0.3 is 9.47 Å². The summed E-state index contributed by atoms with van der Waals surface area (Å²) < 4.78 is 11.7. The molecule has 0 saturated heterocycles. The molecule has 3 aromatic rings. The first-order valence-corrected chi connectivity index (χ1v) is 10.6. The second-order valence-corrected chi connectivity index (χ2v) is 7.93. The molecule has 0 spiro atoms. The fourth-order valence-corrected chi connectivity index (χ4v) is 3.18. The quantitative estimate of drug-likeness (QED) is 0.159. The summed E-state index contributed by atoms with van der Waals surface area (Å²) in [5.74, 6) is 0.283. The third kappa shape index (κ3) is 6.65. The van der Waals surface area contributed by atoms with Gasteiger partial charge in [-0.3, -0.25) is 4.79 Å². The first-order chi connectivity index (χ1) is 14.9. The lowest BCUT2D eigenvalue weighted by Gasteiger charge is -2.07. The van der Waals surface area contributed by atoms with Gasteiger partial charge in [-0.1, -0.05) is 18.2 Å². The fourth-order valence-electron chi connectivity index (χ4n) is 2.57. The zero-order valence-corrected chi connectivity index (χ0v) is 19.3. The number of esters is 1. The van der Waals surface area contributed by atoms with Gasteiger partial charge in [0, 0.05) is 3.57 Å². The number of amides is 1. The third-order valence-electron chi connectivity index (χ3n) is 4.44. The summed E-state index contributed by atoms with van der Waals surface area (Å²) in [6.07, 6.45) is 1.50. The van der Waals surface area contributed by atoms with Gasteiger partial charge in [0.1, 0.15) is 11.5 Å². The van der Waals surface area contributed by atoms with E-state index in [0.29, 0.717) is 17.1 Å². The highest BCUT2D eigenvalue weighted by Crippen LogP contribution is 2.17. The van der Waals surface area contributed by atoms with E-state index < -0.39 is 5.97 Å². The molecule has 1 amide bonds. The first kappa shape index (κ1) is 22.5. The van der Waals surface area contributed by atoms with E-state index in [1.165, 1.54) is 6.21 Å². The maximum absolute atomic E-state index is 12.3. The largest absolute Gasteiger partial charge is 0.484 e.